The lowest BCUT2D eigenvalue weighted by Crippen LogP contribution is -1.97. The van der Waals surface area contributed by atoms with E-state index in [-0.39, 0.29) is 0 Å². The fraction of sp³-hybridized carbons (Fsp3) is 0.0769. The van der Waals surface area contributed by atoms with Crippen LogP contribution in [0.15, 0.2) is 47.3 Å². The van der Waals surface area contributed by atoms with Crippen molar-refractivity contribution in [3.8, 4) is 0 Å². The molecule has 0 saturated carbocycles. The maximum atomic E-state index is 3.42. The molecule has 0 amide bonds. The Hall–Kier alpha value is -1.74. The number of thiophene rings is 1. The summed E-state index contributed by atoms with van der Waals surface area (Å²) < 4.78 is 0. The van der Waals surface area contributed by atoms with E-state index in [2.05, 4.69) is 51.4 Å². The number of aromatic nitrogens is 1. The first kappa shape index (κ1) is 9.48. The Kier molecular flexibility index (Phi) is 2.38. The standard InChI is InChI=1S/C13H12N2S/c1-2-13-11(3-5-14-13)7-12(1)15-8-10-4-6-16-9-10/h1-7,9,14-15H,8H2. The minimum Gasteiger partial charge on any atom is -0.381 e. The van der Waals surface area contributed by atoms with E-state index in [1.54, 1.807) is 11.3 Å². The Morgan fingerprint density at radius 1 is 1.19 bits per heavy atom. The maximum absolute atomic E-state index is 3.42. The number of hydrogen-bond donors (Lipinski definition) is 2. The number of H-pyrrole nitrogens is 1. The summed E-state index contributed by atoms with van der Waals surface area (Å²) in [6.45, 7) is 0.888. The van der Waals surface area contributed by atoms with E-state index in [0.29, 0.717) is 0 Å². The van der Waals surface area contributed by atoms with Crippen molar-refractivity contribution >= 4 is 27.9 Å². The highest BCUT2D eigenvalue weighted by molar-refractivity contribution is 7.07. The predicted octanol–water partition coefficient (Wildman–Crippen LogP) is 3.84. The van der Waals surface area contributed by atoms with Crippen molar-refractivity contribution in [1.82, 2.24) is 4.98 Å². The Bertz CT molecular complexity index is 581. The number of aromatic amines is 1. The number of rotatable bonds is 3. The highest BCUT2D eigenvalue weighted by atomic mass is 32.1. The van der Waals surface area contributed by atoms with Gasteiger partial charge in [-0.15, -0.1) is 0 Å². The smallest absolute Gasteiger partial charge is 0.0455 e. The first-order valence-electron chi connectivity index (χ1n) is 5.24. The van der Waals surface area contributed by atoms with Gasteiger partial charge >= 0.3 is 0 Å². The van der Waals surface area contributed by atoms with Gasteiger partial charge in [0.05, 0.1) is 0 Å². The first-order chi connectivity index (χ1) is 7.92. The molecule has 2 nitrogen and oxygen atoms in total. The quantitative estimate of drug-likeness (QED) is 0.700. The molecule has 16 heavy (non-hydrogen) atoms. The molecule has 3 aromatic rings. The third-order valence-corrected chi connectivity index (χ3v) is 3.36. The van der Waals surface area contributed by atoms with Gasteiger partial charge in [-0.3, -0.25) is 0 Å². The molecule has 0 fully saturated rings. The minimum atomic E-state index is 0.888. The number of anilines is 1. The van der Waals surface area contributed by atoms with Gasteiger partial charge in [0.1, 0.15) is 0 Å². The van der Waals surface area contributed by atoms with Gasteiger partial charge < -0.3 is 10.3 Å². The topological polar surface area (TPSA) is 27.8 Å². The van der Waals surface area contributed by atoms with Crippen molar-refractivity contribution in [1.29, 1.82) is 0 Å². The van der Waals surface area contributed by atoms with Gasteiger partial charge in [-0.05, 0) is 46.7 Å². The second-order valence-electron chi connectivity index (χ2n) is 3.76. The van der Waals surface area contributed by atoms with Gasteiger partial charge in [0, 0.05) is 29.3 Å². The van der Waals surface area contributed by atoms with Crippen LogP contribution in [0.4, 0.5) is 5.69 Å². The van der Waals surface area contributed by atoms with Crippen LogP contribution in [-0.4, -0.2) is 4.98 Å². The van der Waals surface area contributed by atoms with Crippen molar-refractivity contribution in [2.24, 2.45) is 0 Å². The van der Waals surface area contributed by atoms with E-state index < -0.39 is 0 Å². The van der Waals surface area contributed by atoms with E-state index in [9.17, 15) is 0 Å². The van der Waals surface area contributed by atoms with Crippen molar-refractivity contribution in [2.75, 3.05) is 5.32 Å². The lowest BCUT2D eigenvalue weighted by Gasteiger charge is -2.04. The normalized spacial score (nSPS) is 10.8. The van der Waals surface area contributed by atoms with Crippen LogP contribution in [0.3, 0.4) is 0 Å². The van der Waals surface area contributed by atoms with E-state index in [0.717, 1.165) is 6.54 Å². The van der Waals surface area contributed by atoms with Crippen molar-refractivity contribution in [3.05, 3.63) is 52.9 Å². The van der Waals surface area contributed by atoms with Gasteiger partial charge in [-0.2, -0.15) is 11.3 Å². The van der Waals surface area contributed by atoms with Crippen LogP contribution in [0.25, 0.3) is 10.9 Å². The second kappa shape index (κ2) is 4.02. The van der Waals surface area contributed by atoms with Crippen molar-refractivity contribution < 1.29 is 0 Å². The summed E-state index contributed by atoms with van der Waals surface area (Å²) in [5.41, 5.74) is 3.68. The fourth-order valence-electron chi connectivity index (χ4n) is 1.76. The van der Waals surface area contributed by atoms with Crippen LogP contribution in [0.5, 0.6) is 0 Å². The zero-order valence-corrected chi connectivity index (χ0v) is 9.55. The summed E-state index contributed by atoms with van der Waals surface area (Å²) in [7, 11) is 0. The zero-order valence-electron chi connectivity index (χ0n) is 8.73. The molecule has 0 spiro atoms. The maximum Gasteiger partial charge on any atom is 0.0455 e. The van der Waals surface area contributed by atoms with Crippen LogP contribution >= 0.6 is 11.3 Å². The first-order valence-corrected chi connectivity index (χ1v) is 6.18. The Morgan fingerprint density at radius 2 is 2.19 bits per heavy atom. The summed E-state index contributed by atoms with van der Waals surface area (Å²) in [6, 6.07) is 10.6. The van der Waals surface area contributed by atoms with Gasteiger partial charge in [-0.1, -0.05) is 0 Å². The molecule has 0 saturated heterocycles. The molecule has 0 aliphatic rings. The molecule has 0 aliphatic carbocycles. The second-order valence-corrected chi connectivity index (χ2v) is 4.54. The number of benzene rings is 1. The predicted molar refractivity (Wildman–Crippen MR) is 69.9 cm³/mol. The molecule has 0 bridgehead atoms. The van der Waals surface area contributed by atoms with Gasteiger partial charge in [-0.25, -0.2) is 0 Å². The van der Waals surface area contributed by atoms with Gasteiger partial charge in [0.15, 0.2) is 0 Å². The summed E-state index contributed by atoms with van der Waals surface area (Å²) in [4.78, 5) is 3.19. The van der Waals surface area contributed by atoms with Crippen molar-refractivity contribution in [2.45, 2.75) is 6.54 Å². The Labute approximate surface area is 97.9 Å². The van der Waals surface area contributed by atoms with Crippen LogP contribution in [0.1, 0.15) is 5.56 Å². The lowest BCUT2D eigenvalue weighted by atomic mass is 10.2. The SMILES string of the molecule is c1cc2cc(NCc3ccsc3)ccc2[nH]1. The third kappa shape index (κ3) is 1.82. The molecule has 1 aromatic carbocycles. The zero-order chi connectivity index (χ0) is 10.8. The highest BCUT2D eigenvalue weighted by Crippen LogP contribution is 2.18. The van der Waals surface area contributed by atoms with E-state index >= 15 is 0 Å². The van der Waals surface area contributed by atoms with E-state index in [4.69, 9.17) is 0 Å². The summed E-state index contributed by atoms with van der Waals surface area (Å²) in [6.07, 6.45) is 1.97. The molecule has 2 heterocycles. The molecule has 0 unspecified atom stereocenters. The molecule has 3 heteroatoms. The molecule has 0 radical (unpaired) electrons. The number of nitrogens with one attached hydrogen (secondary N) is 2. The Balaban J connectivity index is 1.78. The monoisotopic (exact) mass is 228 g/mol. The molecule has 0 atom stereocenters. The third-order valence-electron chi connectivity index (χ3n) is 2.63. The highest BCUT2D eigenvalue weighted by Gasteiger charge is 1.97. The lowest BCUT2D eigenvalue weighted by molar-refractivity contribution is 1.17. The minimum absolute atomic E-state index is 0.888. The van der Waals surface area contributed by atoms with E-state index in [1.165, 1.54) is 22.2 Å². The van der Waals surface area contributed by atoms with Gasteiger partial charge in [0.2, 0.25) is 0 Å². The largest absolute Gasteiger partial charge is 0.381 e. The van der Waals surface area contributed by atoms with Crippen LogP contribution in [0.2, 0.25) is 0 Å². The van der Waals surface area contributed by atoms with Gasteiger partial charge in [0.25, 0.3) is 0 Å². The number of hydrogen-bond acceptors (Lipinski definition) is 2. The Morgan fingerprint density at radius 3 is 3.06 bits per heavy atom. The number of fused-ring (bicyclic) bond motifs is 1. The summed E-state index contributed by atoms with van der Waals surface area (Å²) in [5, 5.41) is 8.94. The summed E-state index contributed by atoms with van der Waals surface area (Å²) >= 11 is 1.73. The summed E-state index contributed by atoms with van der Waals surface area (Å²) in [5.74, 6) is 0. The van der Waals surface area contributed by atoms with Crippen molar-refractivity contribution in [3.63, 3.8) is 0 Å². The molecule has 2 N–H and O–H groups in total. The van der Waals surface area contributed by atoms with E-state index in [1.807, 2.05) is 6.20 Å². The van der Waals surface area contributed by atoms with Crippen LogP contribution < -0.4 is 5.32 Å². The van der Waals surface area contributed by atoms with Crippen LogP contribution in [0, 0.1) is 0 Å². The molecule has 0 aliphatic heterocycles. The molecular formula is C13H12N2S. The molecule has 80 valence electrons. The molecule has 3 rings (SSSR count). The average Bonchev–Trinajstić information content (AvgIpc) is 2.97. The fourth-order valence-corrected chi connectivity index (χ4v) is 2.43. The average molecular weight is 228 g/mol. The molecular weight excluding hydrogens is 216 g/mol. The molecule has 2 aromatic heterocycles. The van der Waals surface area contributed by atoms with Crippen LogP contribution in [-0.2, 0) is 6.54 Å².